The molecule has 0 bridgehead atoms. The van der Waals surface area contributed by atoms with Crippen LogP contribution in [-0.2, 0) is 28.6 Å². The monoisotopic (exact) mass is 831 g/mol. The maximum atomic E-state index is 11.1. The van der Waals surface area contributed by atoms with E-state index in [-0.39, 0.29) is 0 Å². The Bertz CT molecular complexity index is 2170. The van der Waals surface area contributed by atoms with Crippen LogP contribution in [0.1, 0.15) is 20.8 Å². The fourth-order valence-corrected chi connectivity index (χ4v) is 4.59. The molecule has 3 aromatic heterocycles. The third-order valence-corrected chi connectivity index (χ3v) is 7.09. The first-order valence-electron chi connectivity index (χ1n) is 16.8. The van der Waals surface area contributed by atoms with Crippen molar-refractivity contribution in [2.75, 3.05) is 19.8 Å². The van der Waals surface area contributed by atoms with Gasteiger partial charge in [0.05, 0.1) is 19.8 Å². The molecule has 18 heteroatoms. The number of halogens is 3. The molecular weight excluding hydrogens is 797 g/mol. The van der Waals surface area contributed by atoms with Crippen LogP contribution >= 0.6 is 34.8 Å². The van der Waals surface area contributed by atoms with Crippen LogP contribution in [0.3, 0.4) is 0 Å². The third kappa shape index (κ3) is 16.8. The number of esters is 3. The van der Waals surface area contributed by atoms with E-state index in [1.807, 2.05) is 48.5 Å². The zero-order valence-corrected chi connectivity index (χ0v) is 33.1. The number of terminal acetylenes is 1. The van der Waals surface area contributed by atoms with Crippen LogP contribution < -0.4 is 0 Å². The first-order chi connectivity index (χ1) is 27.5. The topological polar surface area (TPSA) is 182 Å². The van der Waals surface area contributed by atoms with E-state index in [2.05, 4.69) is 46.5 Å². The van der Waals surface area contributed by atoms with E-state index in [0.717, 1.165) is 22.5 Å². The van der Waals surface area contributed by atoms with E-state index < -0.39 is 17.9 Å². The third-order valence-electron chi connectivity index (χ3n) is 6.39. The van der Waals surface area contributed by atoms with Gasteiger partial charge in [-0.2, -0.15) is 5.10 Å². The van der Waals surface area contributed by atoms with Gasteiger partial charge in [0.15, 0.2) is 17.5 Å². The number of benzene rings is 3. The molecule has 0 saturated heterocycles. The molecule has 0 unspecified atom stereocenters. The Morgan fingerprint density at radius 3 is 1.49 bits per heavy atom. The summed E-state index contributed by atoms with van der Waals surface area (Å²) in [7, 11) is 0. The van der Waals surface area contributed by atoms with E-state index in [1.54, 1.807) is 51.0 Å². The highest BCUT2D eigenvalue weighted by Crippen LogP contribution is 2.20. The van der Waals surface area contributed by atoms with Crippen LogP contribution in [-0.4, -0.2) is 82.4 Å². The Morgan fingerprint density at radius 2 is 1.12 bits per heavy atom. The number of hydrogen-bond donors (Lipinski definition) is 1. The number of carbonyl (C=O) groups excluding carboxylic acids is 3. The molecule has 0 atom stereocenters. The first-order valence-corrected chi connectivity index (χ1v) is 18.0. The molecule has 0 radical (unpaired) electrons. The van der Waals surface area contributed by atoms with Crippen molar-refractivity contribution < 1.29 is 28.6 Å². The average Bonchev–Trinajstić information content (AvgIpc) is 4.01. The minimum atomic E-state index is -0.595. The number of carbonyl (C=O) groups is 3. The average molecular weight is 833 g/mol. The summed E-state index contributed by atoms with van der Waals surface area (Å²) in [6, 6.07) is 21.9. The second-order valence-corrected chi connectivity index (χ2v) is 11.8. The number of nitrogens with zero attached hydrogens (tertiary/aromatic N) is 8. The van der Waals surface area contributed by atoms with Crippen molar-refractivity contribution in [1.82, 2.24) is 44.7 Å². The molecule has 3 heterocycles. The van der Waals surface area contributed by atoms with E-state index >= 15 is 0 Å². The number of H-pyrrole nitrogens is 1. The zero-order valence-electron chi connectivity index (χ0n) is 30.8. The predicted molar refractivity (Wildman–Crippen MR) is 217 cm³/mol. The van der Waals surface area contributed by atoms with Gasteiger partial charge >= 0.3 is 17.9 Å². The van der Waals surface area contributed by atoms with Crippen molar-refractivity contribution in [2.45, 2.75) is 20.8 Å². The summed E-state index contributed by atoms with van der Waals surface area (Å²) in [5.74, 6) is 2.19. The Hall–Kier alpha value is -6.60. The minimum Gasteiger partial charge on any atom is -0.463 e. The van der Waals surface area contributed by atoms with Crippen LogP contribution in [0.25, 0.3) is 46.6 Å². The lowest BCUT2D eigenvalue weighted by Gasteiger charge is -1.95. The Kier molecular flexibility index (Phi) is 19.4. The molecule has 15 nitrogen and oxygen atoms in total. The molecule has 0 aliphatic carbocycles. The van der Waals surface area contributed by atoms with Gasteiger partial charge < -0.3 is 14.2 Å². The lowest BCUT2D eigenvalue weighted by molar-refractivity contribution is -0.138. The van der Waals surface area contributed by atoms with E-state index in [4.69, 9.17) is 44.3 Å². The lowest BCUT2D eigenvalue weighted by atomic mass is 10.2. The van der Waals surface area contributed by atoms with Gasteiger partial charge in [-0.3, -0.25) is 5.10 Å². The van der Waals surface area contributed by atoms with Crippen LogP contribution in [0, 0.1) is 12.3 Å². The standard InChI is InChI=1S/2C13H12ClN3O2.C8H6ClN3.C5H6O2/c2*1-2-19-12(18)6-7-17-9-15-13(16-17)10-4-3-5-11(14)8-10;9-7-3-1-2-6(4-7)8-10-5-11-12-8;1-3-5(6)7-4-2/h2*3-9H,2H2,1H3;1-5H,(H,10,11,12);1H,4H2,2H3/b7-6+;7-6-;;. The van der Waals surface area contributed by atoms with Gasteiger partial charge in [-0.1, -0.05) is 71.2 Å². The number of aromatic nitrogens is 9. The maximum Gasteiger partial charge on any atom is 0.384 e. The largest absolute Gasteiger partial charge is 0.463 e. The number of nitrogens with one attached hydrogen (secondary N) is 1. The van der Waals surface area contributed by atoms with Gasteiger partial charge in [0, 0.05) is 62.2 Å². The SMILES string of the molecule is C#CC(=O)OCC.CCOC(=O)/C=C/n1cnc(-c2cccc(Cl)c2)n1.CCOC(=O)/C=C\n1cnc(-c2cccc(Cl)c2)n1.Clc1cccc(-c2ncn[nH]2)c1. The smallest absolute Gasteiger partial charge is 0.384 e. The lowest BCUT2D eigenvalue weighted by Crippen LogP contribution is -2.00. The van der Waals surface area contributed by atoms with Crippen LogP contribution in [0.5, 0.6) is 0 Å². The van der Waals surface area contributed by atoms with Gasteiger partial charge in [-0.05, 0) is 57.2 Å². The molecule has 6 rings (SSSR count). The normalized spacial score (nSPS) is 10.2. The van der Waals surface area contributed by atoms with E-state index in [0.29, 0.717) is 46.5 Å². The van der Waals surface area contributed by atoms with Crippen molar-refractivity contribution >= 4 is 65.1 Å². The summed E-state index contributed by atoms with van der Waals surface area (Å²) in [6.07, 6.45) is 14.7. The van der Waals surface area contributed by atoms with Crippen molar-refractivity contribution in [3.8, 4) is 46.5 Å². The Morgan fingerprint density at radius 1 is 0.684 bits per heavy atom. The molecule has 0 saturated carbocycles. The highest BCUT2D eigenvalue weighted by molar-refractivity contribution is 6.31. The second kappa shape index (κ2) is 24.7. The highest BCUT2D eigenvalue weighted by Gasteiger charge is 2.05. The molecule has 294 valence electrons. The fraction of sp³-hybridized carbons (Fsp3) is 0.154. The summed E-state index contributed by atoms with van der Waals surface area (Å²) in [5, 5.41) is 16.9. The van der Waals surface area contributed by atoms with Crippen molar-refractivity contribution in [3.63, 3.8) is 0 Å². The molecule has 57 heavy (non-hydrogen) atoms. The molecule has 0 aliphatic heterocycles. The minimum absolute atomic E-state index is 0.342. The Labute approximate surface area is 343 Å². The molecule has 3 aromatic carbocycles. The van der Waals surface area contributed by atoms with Gasteiger partial charge in [0.25, 0.3) is 0 Å². The number of rotatable bonds is 10. The summed E-state index contributed by atoms with van der Waals surface area (Å²) >= 11 is 17.6. The highest BCUT2D eigenvalue weighted by atomic mass is 35.5. The van der Waals surface area contributed by atoms with Crippen LogP contribution in [0.15, 0.2) is 104 Å². The van der Waals surface area contributed by atoms with Crippen molar-refractivity contribution in [3.05, 3.63) is 119 Å². The van der Waals surface area contributed by atoms with Crippen LogP contribution in [0.4, 0.5) is 0 Å². The molecule has 0 fully saturated rings. The van der Waals surface area contributed by atoms with E-state index in [9.17, 15) is 14.4 Å². The predicted octanol–water partition coefficient (Wildman–Crippen LogP) is 7.57. The summed E-state index contributed by atoms with van der Waals surface area (Å²) < 4.78 is 16.7. The van der Waals surface area contributed by atoms with Gasteiger partial charge in [0.1, 0.15) is 19.0 Å². The molecule has 0 spiro atoms. The Balaban J connectivity index is 0.000000216. The van der Waals surface area contributed by atoms with Crippen molar-refractivity contribution in [1.29, 1.82) is 0 Å². The summed E-state index contributed by atoms with van der Waals surface area (Å²) in [5.41, 5.74) is 2.58. The van der Waals surface area contributed by atoms with E-state index in [1.165, 1.54) is 52.9 Å². The maximum absolute atomic E-state index is 11.1. The molecule has 0 aliphatic rings. The number of ether oxygens (including phenoxy) is 3. The quantitative estimate of drug-likeness (QED) is 0.0471. The molecular formula is C39H36Cl3N9O6. The molecule has 1 N–H and O–H groups in total. The summed E-state index contributed by atoms with van der Waals surface area (Å²) in [4.78, 5) is 44.5. The van der Waals surface area contributed by atoms with Crippen LogP contribution in [0.2, 0.25) is 15.1 Å². The molecule has 6 aromatic rings. The van der Waals surface area contributed by atoms with Gasteiger partial charge in [-0.15, -0.1) is 16.6 Å². The fourth-order valence-electron chi connectivity index (χ4n) is 4.02. The summed E-state index contributed by atoms with van der Waals surface area (Å²) in [6.45, 7) is 6.23. The zero-order chi connectivity index (χ0) is 41.4. The number of hydrogen-bond acceptors (Lipinski definition) is 12. The number of aromatic amines is 1. The van der Waals surface area contributed by atoms with Crippen molar-refractivity contribution in [2.24, 2.45) is 0 Å². The first kappa shape index (κ1) is 44.8. The van der Waals surface area contributed by atoms with Gasteiger partial charge in [-0.25, -0.2) is 38.7 Å². The second-order valence-electron chi connectivity index (χ2n) is 10.5. The van der Waals surface area contributed by atoms with Gasteiger partial charge in [0.2, 0.25) is 0 Å². The molecule has 0 amide bonds.